The molecule has 1 rings (SSSR count). The second kappa shape index (κ2) is 4.96. The minimum atomic E-state index is -0.627. The summed E-state index contributed by atoms with van der Waals surface area (Å²) in [6.07, 6.45) is 1.48. The second-order valence-corrected chi connectivity index (χ2v) is 2.45. The maximum Gasteiger partial charge on any atom is 0.420 e. The molecule has 0 aliphatic heterocycles. The summed E-state index contributed by atoms with van der Waals surface area (Å²) >= 11 is 0. The van der Waals surface area contributed by atoms with Crippen LogP contribution in [0, 0.1) is 6.92 Å². The summed E-state index contributed by atoms with van der Waals surface area (Å²) in [6.45, 7) is 2.43. The SMILES string of the molecule is Cc1cccnc1C(=O)OCO[C]=O. The summed E-state index contributed by atoms with van der Waals surface area (Å²) in [6, 6.07) is 3.44. The van der Waals surface area contributed by atoms with Crippen LogP contribution in [-0.4, -0.2) is 24.2 Å². The van der Waals surface area contributed by atoms with E-state index in [-0.39, 0.29) is 5.69 Å². The van der Waals surface area contributed by atoms with Crippen molar-refractivity contribution in [2.45, 2.75) is 6.92 Å². The van der Waals surface area contributed by atoms with Crippen molar-refractivity contribution in [1.82, 2.24) is 4.98 Å². The third-order valence-electron chi connectivity index (χ3n) is 1.51. The van der Waals surface area contributed by atoms with Gasteiger partial charge in [-0.05, 0) is 18.6 Å². The van der Waals surface area contributed by atoms with Crippen molar-refractivity contribution in [3.05, 3.63) is 29.6 Å². The molecule has 5 nitrogen and oxygen atoms in total. The van der Waals surface area contributed by atoms with Crippen LogP contribution in [0.4, 0.5) is 0 Å². The van der Waals surface area contributed by atoms with Crippen LogP contribution in [-0.2, 0) is 14.3 Å². The molecule has 1 heterocycles. The molecule has 0 saturated carbocycles. The zero-order valence-corrected chi connectivity index (χ0v) is 7.52. The minimum Gasteiger partial charge on any atom is -0.423 e. The summed E-state index contributed by atoms with van der Waals surface area (Å²) in [5.41, 5.74) is 0.912. The van der Waals surface area contributed by atoms with Crippen molar-refractivity contribution in [2.75, 3.05) is 6.79 Å². The molecule has 0 aliphatic carbocycles. The Morgan fingerprint density at radius 2 is 2.43 bits per heavy atom. The van der Waals surface area contributed by atoms with Gasteiger partial charge in [-0.3, -0.25) is 0 Å². The number of hydrogen-bond acceptors (Lipinski definition) is 5. The molecular weight excluding hydrogens is 186 g/mol. The second-order valence-electron chi connectivity index (χ2n) is 2.45. The van der Waals surface area contributed by atoms with E-state index >= 15 is 0 Å². The Morgan fingerprint density at radius 3 is 3.07 bits per heavy atom. The van der Waals surface area contributed by atoms with Crippen LogP contribution in [0.15, 0.2) is 18.3 Å². The van der Waals surface area contributed by atoms with Crippen molar-refractivity contribution < 1.29 is 19.1 Å². The van der Waals surface area contributed by atoms with Crippen LogP contribution in [0.1, 0.15) is 16.1 Å². The lowest BCUT2D eigenvalue weighted by Gasteiger charge is -2.03. The van der Waals surface area contributed by atoms with Gasteiger partial charge in [0, 0.05) is 6.20 Å². The normalized spacial score (nSPS) is 9.21. The standard InChI is InChI=1S/C9H8NO4/c1-7-3-2-4-10-8(7)9(12)14-6-13-5-11/h2-4H,6H2,1H3. The number of aromatic nitrogens is 1. The van der Waals surface area contributed by atoms with Crippen LogP contribution < -0.4 is 0 Å². The van der Waals surface area contributed by atoms with E-state index in [1.165, 1.54) is 6.20 Å². The lowest BCUT2D eigenvalue weighted by atomic mass is 10.2. The highest BCUT2D eigenvalue weighted by atomic mass is 16.7. The van der Waals surface area contributed by atoms with E-state index < -0.39 is 12.8 Å². The highest BCUT2D eigenvalue weighted by Crippen LogP contribution is 2.04. The number of ether oxygens (including phenoxy) is 2. The number of esters is 1. The first-order chi connectivity index (χ1) is 6.75. The maximum atomic E-state index is 11.2. The van der Waals surface area contributed by atoms with Crippen molar-refractivity contribution in [3.8, 4) is 0 Å². The molecule has 0 aliphatic rings. The predicted octanol–water partition coefficient (Wildman–Crippen LogP) is 0.588. The van der Waals surface area contributed by atoms with E-state index in [0.29, 0.717) is 5.56 Å². The summed E-state index contributed by atoms with van der Waals surface area (Å²) in [5, 5.41) is 0. The predicted molar refractivity (Wildman–Crippen MR) is 46.0 cm³/mol. The first-order valence-corrected chi connectivity index (χ1v) is 3.83. The number of carbonyl (C=O) groups is 1. The van der Waals surface area contributed by atoms with Crippen molar-refractivity contribution in [3.63, 3.8) is 0 Å². The highest BCUT2D eigenvalue weighted by molar-refractivity contribution is 5.88. The number of nitrogens with zero attached hydrogens (tertiary/aromatic N) is 1. The largest absolute Gasteiger partial charge is 0.423 e. The molecule has 0 spiro atoms. The third-order valence-corrected chi connectivity index (χ3v) is 1.51. The molecule has 14 heavy (non-hydrogen) atoms. The topological polar surface area (TPSA) is 65.5 Å². The Bertz CT molecular complexity index is 337. The van der Waals surface area contributed by atoms with Gasteiger partial charge in [-0.1, -0.05) is 6.07 Å². The molecular formula is C9H8NO4. The Morgan fingerprint density at radius 1 is 1.64 bits per heavy atom. The van der Waals surface area contributed by atoms with E-state index in [4.69, 9.17) is 0 Å². The number of pyridine rings is 1. The van der Waals surface area contributed by atoms with E-state index in [2.05, 4.69) is 14.5 Å². The molecule has 0 N–H and O–H groups in total. The molecule has 73 valence electrons. The van der Waals surface area contributed by atoms with Gasteiger partial charge in [0.1, 0.15) is 0 Å². The van der Waals surface area contributed by atoms with Gasteiger partial charge in [-0.2, -0.15) is 0 Å². The lowest BCUT2D eigenvalue weighted by Crippen LogP contribution is -2.11. The van der Waals surface area contributed by atoms with Gasteiger partial charge in [0.05, 0.1) is 0 Å². The van der Waals surface area contributed by atoms with Gasteiger partial charge in [0.25, 0.3) is 0 Å². The third kappa shape index (κ3) is 2.55. The first kappa shape index (κ1) is 10.2. The van der Waals surface area contributed by atoms with Gasteiger partial charge >= 0.3 is 12.4 Å². The molecule has 0 aromatic carbocycles. The van der Waals surface area contributed by atoms with Crippen molar-refractivity contribution in [1.29, 1.82) is 0 Å². The van der Waals surface area contributed by atoms with Gasteiger partial charge in [-0.15, -0.1) is 0 Å². The fourth-order valence-corrected chi connectivity index (χ4v) is 0.875. The number of aryl methyl sites for hydroxylation is 1. The lowest BCUT2D eigenvalue weighted by molar-refractivity contribution is 0.0100. The fraction of sp³-hybridized carbons (Fsp3) is 0.222. The average Bonchev–Trinajstić information content (AvgIpc) is 2.18. The molecule has 0 fully saturated rings. The van der Waals surface area contributed by atoms with Crippen LogP contribution in [0.2, 0.25) is 0 Å². The number of rotatable bonds is 4. The fourth-order valence-electron chi connectivity index (χ4n) is 0.875. The summed E-state index contributed by atoms with van der Waals surface area (Å²) in [7, 11) is 0. The van der Waals surface area contributed by atoms with Crippen molar-refractivity contribution >= 4 is 12.4 Å². The zero-order chi connectivity index (χ0) is 10.4. The highest BCUT2D eigenvalue weighted by Gasteiger charge is 2.10. The van der Waals surface area contributed by atoms with Crippen LogP contribution in [0.5, 0.6) is 0 Å². The van der Waals surface area contributed by atoms with Crippen LogP contribution >= 0.6 is 0 Å². The van der Waals surface area contributed by atoms with Crippen LogP contribution in [0.3, 0.4) is 0 Å². The quantitative estimate of drug-likeness (QED) is 0.398. The molecule has 0 saturated heterocycles. The van der Waals surface area contributed by atoms with Gasteiger partial charge in [0.2, 0.25) is 6.79 Å². The molecule has 0 amide bonds. The van der Waals surface area contributed by atoms with E-state index in [1.54, 1.807) is 19.1 Å². The van der Waals surface area contributed by atoms with E-state index in [9.17, 15) is 9.59 Å². The molecule has 1 radical (unpaired) electrons. The average molecular weight is 194 g/mol. The molecule has 1 aromatic rings. The molecule has 0 atom stereocenters. The van der Waals surface area contributed by atoms with E-state index in [0.717, 1.165) is 6.47 Å². The minimum absolute atomic E-state index is 0.210. The van der Waals surface area contributed by atoms with E-state index in [1.807, 2.05) is 0 Å². The van der Waals surface area contributed by atoms with Crippen molar-refractivity contribution in [2.24, 2.45) is 0 Å². The Balaban J connectivity index is 2.60. The molecule has 0 unspecified atom stereocenters. The molecule has 0 bridgehead atoms. The summed E-state index contributed by atoms with van der Waals surface area (Å²) < 4.78 is 8.65. The smallest absolute Gasteiger partial charge is 0.420 e. The van der Waals surface area contributed by atoms with Crippen LogP contribution in [0.25, 0.3) is 0 Å². The molecule has 1 aromatic heterocycles. The Kier molecular flexibility index (Phi) is 3.60. The summed E-state index contributed by atoms with van der Waals surface area (Å²) in [5.74, 6) is -0.627. The zero-order valence-electron chi connectivity index (χ0n) is 7.52. The Hall–Kier alpha value is -1.91. The first-order valence-electron chi connectivity index (χ1n) is 3.83. The number of hydrogen-bond donors (Lipinski definition) is 0. The van der Waals surface area contributed by atoms with Gasteiger partial charge in [-0.25, -0.2) is 14.6 Å². The number of carbonyl (C=O) groups excluding carboxylic acids is 2. The van der Waals surface area contributed by atoms with Gasteiger partial charge in [0.15, 0.2) is 5.69 Å². The summed E-state index contributed by atoms with van der Waals surface area (Å²) in [4.78, 5) is 24.7. The Labute approximate surface area is 80.7 Å². The maximum absolute atomic E-state index is 11.2. The monoisotopic (exact) mass is 194 g/mol. The van der Waals surface area contributed by atoms with Gasteiger partial charge < -0.3 is 9.47 Å². The molecule has 5 heteroatoms.